The van der Waals surface area contributed by atoms with E-state index in [9.17, 15) is 4.79 Å². The lowest BCUT2D eigenvalue weighted by Gasteiger charge is -2.06. The normalized spacial score (nSPS) is 12.7. The van der Waals surface area contributed by atoms with Gasteiger partial charge in [-0.15, -0.1) is 0 Å². The Labute approximate surface area is 180 Å². The van der Waals surface area contributed by atoms with Crippen LogP contribution in [0.25, 0.3) is 0 Å². The molecule has 0 aromatic carbocycles. The van der Waals surface area contributed by atoms with Crippen LogP contribution in [0.3, 0.4) is 0 Å². The third-order valence-electron chi connectivity index (χ3n) is 4.23. The molecule has 0 saturated heterocycles. The lowest BCUT2D eigenvalue weighted by Crippen LogP contribution is -2.09. The summed E-state index contributed by atoms with van der Waals surface area (Å²) in [7, 11) is 0. The van der Waals surface area contributed by atoms with E-state index in [0.29, 0.717) is 18.9 Å². The Morgan fingerprint density at radius 3 is 1.59 bits per heavy atom. The zero-order chi connectivity index (χ0) is 21.4. The molecule has 0 fully saturated rings. The molecule has 0 aromatic heterocycles. The van der Waals surface area contributed by atoms with Gasteiger partial charge in [0.1, 0.15) is 0 Å². The number of esters is 1. The summed E-state index contributed by atoms with van der Waals surface area (Å²) in [6.45, 7) is 6.87. The third-order valence-corrected chi connectivity index (χ3v) is 4.23. The molecule has 2 heteroatoms. The Kier molecular flexibility index (Phi) is 21.0. The van der Waals surface area contributed by atoms with Gasteiger partial charge in [0.25, 0.3) is 0 Å². The van der Waals surface area contributed by atoms with Crippen LogP contribution < -0.4 is 0 Å². The molecular formula is C27H44O2. The minimum Gasteiger partial charge on any atom is -0.465 e. The number of unbranched alkanes of at least 4 members (excludes halogenated alkanes) is 4. The number of ether oxygens (including phenoxy) is 1. The minimum atomic E-state index is -0.0764. The van der Waals surface area contributed by atoms with E-state index < -0.39 is 0 Å². The van der Waals surface area contributed by atoms with E-state index in [-0.39, 0.29) is 5.97 Å². The van der Waals surface area contributed by atoms with Crippen LogP contribution in [-0.2, 0) is 9.53 Å². The van der Waals surface area contributed by atoms with Gasteiger partial charge in [0.05, 0.1) is 6.61 Å². The van der Waals surface area contributed by atoms with E-state index in [0.717, 1.165) is 38.5 Å². The van der Waals surface area contributed by atoms with Crippen molar-refractivity contribution in [1.82, 2.24) is 0 Å². The molecule has 0 aromatic rings. The number of allylic oxidation sites excluding steroid dienone is 10. The smallest absolute Gasteiger partial charge is 0.305 e. The highest BCUT2D eigenvalue weighted by atomic mass is 16.5. The van der Waals surface area contributed by atoms with Crippen LogP contribution >= 0.6 is 0 Å². The van der Waals surface area contributed by atoms with Crippen LogP contribution in [0.4, 0.5) is 0 Å². The maximum absolute atomic E-state index is 11.5. The van der Waals surface area contributed by atoms with Gasteiger partial charge in [-0.3, -0.25) is 4.79 Å². The maximum atomic E-state index is 11.5. The topological polar surface area (TPSA) is 26.3 Å². The lowest BCUT2D eigenvalue weighted by molar-refractivity contribution is -0.144. The zero-order valence-electron chi connectivity index (χ0n) is 19.2. The first kappa shape index (κ1) is 27.2. The standard InChI is InChI=1S/C27H44O2/c1-4-5-6-7-8-9-10-11-12-13-14-15-16-17-18-19-20-21-22-23-24-27(28)29-25-26(2)3/h8-9,11-12,14-15,17-18,20-21,26H,4-7,10,13,16,19,22-25H2,1-3H3/b9-8-,12-11-,15-14-,18-17-,21-20-. The van der Waals surface area contributed by atoms with E-state index in [1.165, 1.54) is 25.7 Å². The molecule has 164 valence electrons. The van der Waals surface area contributed by atoms with Gasteiger partial charge in [-0.1, -0.05) is 94.4 Å². The van der Waals surface area contributed by atoms with Crippen LogP contribution in [0.2, 0.25) is 0 Å². The second-order valence-electron chi connectivity index (χ2n) is 7.76. The van der Waals surface area contributed by atoms with E-state index in [1.807, 2.05) is 13.8 Å². The van der Waals surface area contributed by atoms with Crippen molar-refractivity contribution in [1.29, 1.82) is 0 Å². The quantitative estimate of drug-likeness (QED) is 0.131. The molecule has 0 atom stereocenters. The van der Waals surface area contributed by atoms with Crippen molar-refractivity contribution in [3.8, 4) is 0 Å². The van der Waals surface area contributed by atoms with Crippen LogP contribution in [0, 0.1) is 5.92 Å². The summed E-state index contributed by atoms with van der Waals surface area (Å²) in [6.07, 6.45) is 33.7. The summed E-state index contributed by atoms with van der Waals surface area (Å²) in [4.78, 5) is 11.5. The molecule has 29 heavy (non-hydrogen) atoms. The third kappa shape index (κ3) is 24.1. The monoisotopic (exact) mass is 400 g/mol. The predicted molar refractivity (Wildman–Crippen MR) is 128 cm³/mol. The fourth-order valence-electron chi connectivity index (χ4n) is 2.53. The van der Waals surface area contributed by atoms with Crippen molar-refractivity contribution in [2.24, 2.45) is 5.92 Å². The summed E-state index contributed by atoms with van der Waals surface area (Å²) in [5, 5.41) is 0. The SMILES string of the molecule is CCCCC/C=C\C/C=C\C/C=C\C/C=C\C/C=C\CCCC(=O)OCC(C)C. The molecule has 0 aliphatic heterocycles. The summed E-state index contributed by atoms with van der Waals surface area (Å²) < 4.78 is 5.16. The number of carbonyl (C=O) groups excluding carboxylic acids is 1. The Bertz CT molecular complexity index is 507. The molecule has 0 radical (unpaired) electrons. The van der Waals surface area contributed by atoms with Crippen LogP contribution in [0.1, 0.15) is 91.4 Å². The van der Waals surface area contributed by atoms with Gasteiger partial charge in [-0.25, -0.2) is 0 Å². The minimum absolute atomic E-state index is 0.0764. The Balaban J connectivity index is 3.51. The average molecular weight is 401 g/mol. The molecule has 0 heterocycles. The summed E-state index contributed by atoms with van der Waals surface area (Å²) >= 11 is 0. The van der Waals surface area contributed by atoms with E-state index in [1.54, 1.807) is 0 Å². The summed E-state index contributed by atoms with van der Waals surface area (Å²) in [5.74, 6) is 0.330. The first-order chi connectivity index (χ1) is 14.2. The van der Waals surface area contributed by atoms with Gasteiger partial charge in [0.2, 0.25) is 0 Å². The van der Waals surface area contributed by atoms with E-state index in [2.05, 4.69) is 67.7 Å². The average Bonchev–Trinajstić information content (AvgIpc) is 2.70. The second-order valence-corrected chi connectivity index (χ2v) is 7.76. The van der Waals surface area contributed by atoms with Crippen molar-refractivity contribution >= 4 is 5.97 Å². The van der Waals surface area contributed by atoms with Gasteiger partial charge in [-0.05, 0) is 57.3 Å². The number of hydrogen-bond acceptors (Lipinski definition) is 2. The lowest BCUT2D eigenvalue weighted by atomic mass is 10.2. The van der Waals surface area contributed by atoms with E-state index >= 15 is 0 Å². The van der Waals surface area contributed by atoms with Crippen molar-refractivity contribution in [2.45, 2.75) is 91.4 Å². The molecule has 0 rings (SSSR count). The molecule has 0 aliphatic carbocycles. The Morgan fingerprint density at radius 2 is 1.14 bits per heavy atom. The van der Waals surface area contributed by atoms with Crippen molar-refractivity contribution in [3.05, 3.63) is 60.8 Å². The van der Waals surface area contributed by atoms with Crippen molar-refractivity contribution < 1.29 is 9.53 Å². The molecule has 0 aliphatic rings. The fraction of sp³-hybridized carbons (Fsp3) is 0.593. The van der Waals surface area contributed by atoms with Crippen LogP contribution in [0.5, 0.6) is 0 Å². The maximum Gasteiger partial charge on any atom is 0.305 e. The predicted octanol–water partition coefficient (Wildman–Crippen LogP) is 8.28. The highest BCUT2D eigenvalue weighted by Gasteiger charge is 2.02. The molecule has 0 saturated carbocycles. The zero-order valence-corrected chi connectivity index (χ0v) is 19.2. The summed E-state index contributed by atoms with van der Waals surface area (Å²) in [6, 6.07) is 0. The van der Waals surface area contributed by atoms with Gasteiger partial charge in [-0.2, -0.15) is 0 Å². The molecule has 0 N–H and O–H groups in total. The van der Waals surface area contributed by atoms with Gasteiger partial charge in [0.15, 0.2) is 0 Å². The number of carbonyl (C=O) groups is 1. The molecular weight excluding hydrogens is 356 g/mol. The highest BCUT2D eigenvalue weighted by molar-refractivity contribution is 5.69. The summed E-state index contributed by atoms with van der Waals surface area (Å²) in [5.41, 5.74) is 0. The second kappa shape index (κ2) is 22.5. The fourth-order valence-corrected chi connectivity index (χ4v) is 2.53. The Hall–Kier alpha value is -1.83. The van der Waals surface area contributed by atoms with Crippen LogP contribution in [0.15, 0.2) is 60.8 Å². The molecule has 0 bridgehead atoms. The van der Waals surface area contributed by atoms with Gasteiger partial charge >= 0.3 is 5.97 Å². The molecule has 0 spiro atoms. The first-order valence-corrected chi connectivity index (χ1v) is 11.6. The van der Waals surface area contributed by atoms with Gasteiger partial charge in [0, 0.05) is 6.42 Å². The molecule has 2 nitrogen and oxygen atoms in total. The van der Waals surface area contributed by atoms with Gasteiger partial charge < -0.3 is 4.74 Å². The van der Waals surface area contributed by atoms with Crippen LogP contribution in [-0.4, -0.2) is 12.6 Å². The van der Waals surface area contributed by atoms with Crippen molar-refractivity contribution in [2.75, 3.05) is 6.61 Å². The highest BCUT2D eigenvalue weighted by Crippen LogP contribution is 2.03. The number of hydrogen-bond donors (Lipinski definition) is 0. The molecule has 0 amide bonds. The van der Waals surface area contributed by atoms with E-state index in [4.69, 9.17) is 4.74 Å². The number of rotatable bonds is 18. The Morgan fingerprint density at radius 1 is 0.690 bits per heavy atom. The molecule has 0 unspecified atom stereocenters. The largest absolute Gasteiger partial charge is 0.465 e. The first-order valence-electron chi connectivity index (χ1n) is 11.6. The van der Waals surface area contributed by atoms with Crippen molar-refractivity contribution in [3.63, 3.8) is 0 Å².